The lowest BCUT2D eigenvalue weighted by Gasteiger charge is -2.16. The van der Waals surface area contributed by atoms with Gasteiger partial charge in [0.1, 0.15) is 11.6 Å². The van der Waals surface area contributed by atoms with Crippen LogP contribution in [-0.4, -0.2) is 29.2 Å². The number of benzene rings is 2. The van der Waals surface area contributed by atoms with Crippen LogP contribution in [0.4, 0.5) is 15.9 Å². The highest BCUT2D eigenvalue weighted by atomic mass is 19.1. The molecular formula is C21H19FN4O. The number of rotatable bonds is 5. The van der Waals surface area contributed by atoms with E-state index in [4.69, 9.17) is 0 Å². The number of aromatic nitrogens is 2. The number of para-hydroxylation sites is 1. The van der Waals surface area contributed by atoms with Gasteiger partial charge in [-0.15, -0.1) is 10.2 Å². The van der Waals surface area contributed by atoms with Crippen LogP contribution < -0.4 is 10.2 Å². The van der Waals surface area contributed by atoms with Gasteiger partial charge in [0.25, 0.3) is 5.91 Å². The van der Waals surface area contributed by atoms with Gasteiger partial charge < -0.3 is 10.2 Å². The van der Waals surface area contributed by atoms with Gasteiger partial charge in [-0.05, 0) is 48.2 Å². The molecule has 0 saturated heterocycles. The van der Waals surface area contributed by atoms with Crippen molar-refractivity contribution in [3.63, 3.8) is 0 Å². The summed E-state index contributed by atoms with van der Waals surface area (Å²) in [7, 11) is 0. The maximum atomic E-state index is 13.6. The van der Waals surface area contributed by atoms with E-state index in [1.807, 2.05) is 30.3 Å². The summed E-state index contributed by atoms with van der Waals surface area (Å²) in [6.45, 7) is 1.19. The molecule has 4 rings (SSSR count). The maximum Gasteiger partial charge on any atom is 0.278 e. The van der Waals surface area contributed by atoms with Gasteiger partial charge in [0.05, 0.1) is 0 Å². The van der Waals surface area contributed by atoms with Gasteiger partial charge in [-0.25, -0.2) is 4.39 Å². The molecule has 27 heavy (non-hydrogen) atoms. The van der Waals surface area contributed by atoms with Crippen molar-refractivity contribution >= 4 is 17.4 Å². The van der Waals surface area contributed by atoms with Crippen LogP contribution in [0.1, 0.15) is 21.6 Å². The van der Waals surface area contributed by atoms with Crippen molar-refractivity contribution < 1.29 is 9.18 Å². The summed E-state index contributed by atoms with van der Waals surface area (Å²) in [6, 6.07) is 18.0. The molecule has 0 radical (unpaired) electrons. The Bertz CT molecular complexity index is 958. The van der Waals surface area contributed by atoms with E-state index in [1.165, 1.54) is 11.6 Å². The first kappa shape index (κ1) is 17.1. The van der Waals surface area contributed by atoms with E-state index in [-0.39, 0.29) is 11.7 Å². The zero-order valence-electron chi connectivity index (χ0n) is 14.7. The van der Waals surface area contributed by atoms with Crippen molar-refractivity contribution in [1.82, 2.24) is 10.2 Å². The first-order chi connectivity index (χ1) is 13.2. The van der Waals surface area contributed by atoms with Crippen LogP contribution >= 0.6 is 0 Å². The Labute approximate surface area is 156 Å². The summed E-state index contributed by atoms with van der Waals surface area (Å²) in [5.41, 5.74) is 3.07. The Balaban J connectivity index is 1.38. The number of nitrogens with zero attached hydrogens (tertiary/aromatic N) is 3. The van der Waals surface area contributed by atoms with Crippen molar-refractivity contribution in [1.29, 1.82) is 0 Å². The average Bonchev–Trinajstić information content (AvgIpc) is 3.14. The minimum Gasteiger partial charge on any atom is -0.368 e. The molecule has 1 aromatic heterocycles. The third-order valence-corrected chi connectivity index (χ3v) is 4.67. The second kappa shape index (κ2) is 7.53. The molecule has 1 N–H and O–H groups in total. The Morgan fingerprint density at radius 2 is 1.85 bits per heavy atom. The molecule has 0 unspecified atom stereocenters. The molecule has 0 bridgehead atoms. The predicted molar refractivity (Wildman–Crippen MR) is 102 cm³/mol. The van der Waals surface area contributed by atoms with E-state index in [1.54, 1.807) is 29.2 Å². The van der Waals surface area contributed by atoms with Crippen molar-refractivity contribution in [2.45, 2.75) is 12.8 Å². The Morgan fingerprint density at radius 3 is 2.67 bits per heavy atom. The van der Waals surface area contributed by atoms with E-state index in [9.17, 15) is 9.18 Å². The van der Waals surface area contributed by atoms with Gasteiger partial charge in [0.15, 0.2) is 5.69 Å². The fourth-order valence-corrected chi connectivity index (χ4v) is 3.25. The van der Waals surface area contributed by atoms with Crippen LogP contribution in [0, 0.1) is 5.82 Å². The number of hydrogen-bond acceptors (Lipinski definition) is 4. The van der Waals surface area contributed by atoms with Crippen molar-refractivity contribution in [2.75, 3.05) is 23.3 Å². The smallest absolute Gasteiger partial charge is 0.278 e. The molecule has 0 fully saturated rings. The molecule has 0 atom stereocenters. The third kappa shape index (κ3) is 3.65. The van der Waals surface area contributed by atoms with Gasteiger partial charge in [0.2, 0.25) is 0 Å². The molecule has 136 valence electrons. The minimum atomic E-state index is -0.211. The molecule has 1 amide bonds. The van der Waals surface area contributed by atoms with Gasteiger partial charge in [0, 0.05) is 18.8 Å². The molecule has 0 aliphatic carbocycles. The van der Waals surface area contributed by atoms with Crippen LogP contribution in [0.25, 0.3) is 0 Å². The molecule has 6 heteroatoms. The third-order valence-electron chi connectivity index (χ3n) is 4.67. The molecule has 0 saturated carbocycles. The maximum absolute atomic E-state index is 13.6. The first-order valence-electron chi connectivity index (χ1n) is 8.93. The van der Waals surface area contributed by atoms with Crippen molar-refractivity contribution in [3.05, 3.63) is 83.3 Å². The van der Waals surface area contributed by atoms with Gasteiger partial charge in [-0.2, -0.15) is 0 Å². The normalized spacial score (nSPS) is 12.7. The fraction of sp³-hybridized carbons (Fsp3) is 0.190. The van der Waals surface area contributed by atoms with Gasteiger partial charge >= 0.3 is 0 Å². The monoisotopic (exact) mass is 362 g/mol. The lowest BCUT2D eigenvalue weighted by Crippen LogP contribution is -2.29. The summed E-state index contributed by atoms with van der Waals surface area (Å²) in [5, 5.41) is 11.2. The summed E-state index contributed by atoms with van der Waals surface area (Å²) < 4.78 is 13.6. The minimum absolute atomic E-state index is 0.148. The lowest BCUT2D eigenvalue weighted by molar-refractivity contribution is 0.0983. The molecule has 0 spiro atoms. The van der Waals surface area contributed by atoms with E-state index in [2.05, 4.69) is 15.5 Å². The van der Waals surface area contributed by atoms with Crippen molar-refractivity contribution in [3.8, 4) is 0 Å². The second-order valence-electron chi connectivity index (χ2n) is 6.41. The number of halogens is 1. The highest BCUT2D eigenvalue weighted by Gasteiger charge is 2.26. The number of carbonyl (C=O) groups is 1. The average molecular weight is 362 g/mol. The number of hydrogen-bond donors (Lipinski definition) is 1. The number of amides is 1. The van der Waals surface area contributed by atoms with Gasteiger partial charge in [-0.3, -0.25) is 4.79 Å². The molecule has 2 aromatic carbocycles. The molecule has 3 aromatic rings. The quantitative estimate of drug-likeness (QED) is 0.755. The van der Waals surface area contributed by atoms with Crippen LogP contribution in [0.3, 0.4) is 0 Å². The van der Waals surface area contributed by atoms with Gasteiger partial charge in [-0.1, -0.05) is 36.4 Å². The highest BCUT2D eigenvalue weighted by molar-refractivity contribution is 6.06. The number of anilines is 2. The standard InChI is InChI=1S/C21H19FN4O/c22-17-7-3-1-5-15(17)11-13-23-20-10-9-18(24-25-20)21(27)26-14-12-16-6-2-4-8-19(16)26/h1-10H,11-14H2,(H,23,25). The Morgan fingerprint density at radius 1 is 1.04 bits per heavy atom. The highest BCUT2D eigenvalue weighted by Crippen LogP contribution is 2.28. The lowest BCUT2D eigenvalue weighted by atomic mass is 10.1. The summed E-state index contributed by atoms with van der Waals surface area (Å²) >= 11 is 0. The number of fused-ring (bicyclic) bond motifs is 1. The van der Waals surface area contributed by atoms with E-state index in [0.717, 1.165) is 12.1 Å². The van der Waals surface area contributed by atoms with E-state index < -0.39 is 0 Å². The fourth-order valence-electron chi connectivity index (χ4n) is 3.25. The molecule has 1 aliphatic rings. The van der Waals surface area contributed by atoms with Crippen LogP contribution in [0.5, 0.6) is 0 Å². The van der Waals surface area contributed by atoms with E-state index >= 15 is 0 Å². The Hall–Kier alpha value is -3.28. The summed E-state index contributed by atoms with van der Waals surface area (Å²) in [6.07, 6.45) is 1.39. The SMILES string of the molecule is O=C(c1ccc(NCCc2ccccc2F)nn1)N1CCc2ccccc21. The van der Waals surface area contributed by atoms with Crippen LogP contribution in [0.15, 0.2) is 60.7 Å². The molecule has 2 heterocycles. The van der Waals surface area contributed by atoms with E-state index in [0.29, 0.717) is 36.6 Å². The van der Waals surface area contributed by atoms with Crippen molar-refractivity contribution in [2.24, 2.45) is 0 Å². The first-order valence-corrected chi connectivity index (χ1v) is 8.93. The number of carbonyl (C=O) groups excluding carboxylic acids is 1. The topological polar surface area (TPSA) is 58.1 Å². The zero-order valence-corrected chi connectivity index (χ0v) is 14.7. The summed E-state index contributed by atoms with van der Waals surface area (Å²) in [4.78, 5) is 14.5. The molecule has 5 nitrogen and oxygen atoms in total. The Kier molecular flexibility index (Phi) is 4.78. The summed E-state index contributed by atoms with van der Waals surface area (Å²) in [5.74, 6) is 0.201. The van der Waals surface area contributed by atoms with Crippen LogP contribution in [-0.2, 0) is 12.8 Å². The number of nitrogens with one attached hydrogen (secondary N) is 1. The predicted octanol–water partition coefficient (Wildman–Crippen LogP) is 3.47. The molecule has 1 aliphatic heterocycles. The molecular weight excluding hydrogens is 343 g/mol. The van der Waals surface area contributed by atoms with Crippen LogP contribution in [0.2, 0.25) is 0 Å². The zero-order chi connectivity index (χ0) is 18.6. The largest absolute Gasteiger partial charge is 0.368 e. The second-order valence-corrected chi connectivity index (χ2v) is 6.41.